The van der Waals surface area contributed by atoms with Gasteiger partial charge in [-0.1, -0.05) is 18.2 Å². The summed E-state index contributed by atoms with van der Waals surface area (Å²) in [5, 5.41) is 2.85. The summed E-state index contributed by atoms with van der Waals surface area (Å²) >= 11 is 0. The normalized spacial score (nSPS) is 13.5. The molecule has 3 rings (SSSR count). The molecule has 0 bridgehead atoms. The van der Waals surface area contributed by atoms with E-state index in [9.17, 15) is 13.2 Å². The van der Waals surface area contributed by atoms with Gasteiger partial charge in [0, 0.05) is 11.8 Å². The van der Waals surface area contributed by atoms with Crippen LogP contribution in [0.4, 0.5) is 11.4 Å². The van der Waals surface area contributed by atoms with Crippen molar-refractivity contribution in [2.45, 2.75) is 39.0 Å². The monoisotopic (exact) mass is 402 g/mol. The quantitative estimate of drug-likeness (QED) is 0.742. The Bertz CT molecular complexity index is 970. The van der Waals surface area contributed by atoms with Crippen LogP contribution in [0.1, 0.15) is 36.5 Å². The highest BCUT2D eigenvalue weighted by Gasteiger charge is 2.14. The van der Waals surface area contributed by atoms with E-state index in [1.54, 1.807) is 25.1 Å². The summed E-state index contributed by atoms with van der Waals surface area (Å²) in [4.78, 5) is 12.4. The van der Waals surface area contributed by atoms with Crippen molar-refractivity contribution >= 4 is 27.3 Å². The van der Waals surface area contributed by atoms with Gasteiger partial charge >= 0.3 is 0 Å². The summed E-state index contributed by atoms with van der Waals surface area (Å²) in [6.45, 7) is 1.56. The van der Waals surface area contributed by atoms with Crippen molar-refractivity contribution in [2.24, 2.45) is 0 Å². The molecule has 7 heteroatoms. The molecule has 1 amide bonds. The van der Waals surface area contributed by atoms with Crippen LogP contribution in [0, 0.1) is 0 Å². The molecule has 2 aromatic rings. The Morgan fingerprint density at radius 3 is 2.54 bits per heavy atom. The SMILES string of the molecule is CCS(=O)(=O)Nc1ccc(NC(=O)Cc2ccc3c(c2)CCCC3)cc1OC. The van der Waals surface area contributed by atoms with Crippen LogP contribution in [0.3, 0.4) is 0 Å². The Labute approximate surface area is 166 Å². The summed E-state index contributed by atoms with van der Waals surface area (Å²) in [6, 6.07) is 11.1. The van der Waals surface area contributed by atoms with Crippen LogP contribution in [-0.2, 0) is 34.1 Å². The van der Waals surface area contributed by atoms with E-state index in [4.69, 9.17) is 4.74 Å². The number of benzene rings is 2. The topological polar surface area (TPSA) is 84.5 Å². The summed E-state index contributed by atoms with van der Waals surface area (Å²) in [5.41, 5.74) is 4.64. The second-order valence-corrected chi connectivity index (χ2v) is 8.97. The first-order valence-corrected chi connectivity index (χ1v) is 11.1. The molecule has 6 nitrogen and oxygen atoms in total. The largest absolute Gasteiger partial charge is 0.494 e. The van der Waals surface area contributed by atoms with Gasteiger partial charge in [-0.05, 0) is 61.4 Å². The third-order valence-electron chi connectivity index (χ3n) is 4.91. The number of amides is 1. The minimum Gasteiger partial charge on any atom is -0.494 e. The number of fused-ring (bicyclic) bond motifs is 1. The van der Waals surface area contributed by atoms with Gasteiger partial charge in [0.15, 0.2) is 0 Å². The van der Waals surface area contributed by atoms with Crippen LogP contribution in [0.25, 0.3) is 0 Å². The maximum Gasteiger partial charge on any atom is 0.232 e. The van der Waals surface area contributed by atoms with Gasteiger partial charge in [-0.2, -0.15) is 0 Å². The number of carbonyl (C=O) groups excluding carboxylic acids is 1. The van der Waals surface area contributed by atoms with Gasteiger partial charge in [0.25, 0.3) is 0 Å². The molecule has 0 saturated heterocycles. The molecule has 0 fully saturated rings. The van der Waals surface area contributed by atoms with E-state index in [-0.39, 0.29) is 11.7 Å². The maximum atomic E-state index is 12.4. The van der Waals surface area contributed by atoms with Crippen molar-refractivity contribution in [1.82, 2.24) is 0 Å². The van der Waals surface area contributed by atoms with E-state index in [2.05, 4.69) is 22.2 Å². The molecule has 2 N–H and O–H groups in total. The Morgan fingerprint density at radius 2 is 1.82 bits per heavy atom. The van der Waals surface area contributed by atoms with E-state index in [1.165, 1.54) is 31.1 Å². The Kier molecular flexibility index (Phi) is 6.24. The predicted octanol–water partition coefficient (Wildman–Crippen LogP) is 3.52. The lowest BCUT2D eigenvalue weighted by atomic mass is 9.90. The second kappa shape index (κ2) is 8.65. The zero-order valence-electron chi connectivity index (χ0n) is 16.2. The van der Waals surface area contributed by atoms with Crippen LogP contribution in [0.2, 0.25) is 0 Å². The molecular formula is C21H26N2O4S. The van der Waals surface area contributed by atoms with Gasteiger partial charge in [0.1, 0.15) is 5.75 Å². The first kappa shape index (κ1) is 20.2. The molecule has 0 atom stereocenters. The van der Waals surface area contributed by atoms with E-state index in [0.717, 1.165) is 18.4 Å². The number of methoxy groups -OCH3 is 1. The Morgan fingerprint density at radius 1 is 1.07 bits per heavy atom. The third kappa shape index (κ3) is 5.04. The number of rotatable bonds is 7. The lowest BCUT2D eigenvalue weighted by Gasteiger charge is -2.16. The highest BCUT2D eigenvalue weighted by molar-refractivity contribution is 7.92. The highest BCUT2D eigenvalue weighted by atomic mass is 32.2. The predicted molar refractivity (Wildman–Crippen MR) is 111 cm³/mol. The van der Waals surface area contributed by atoms with Gasteiger partial charge in [0.05, 0.1) is 25.0 Å². The summed E-state index contributed by atoms with van der Waals surface area (Å²) in [7, 11) is -1.95. The maximum absolute atomic E-state index is 12.4. The second-order valence-electron chi connectivity index (χ2n) is 6.96. The standard InChI is InChI=1S/C21H26N2O4S/c1-3-28(25,26)23-19-11-10-18(14-20(19)27-2)22-21(24)13-15-8-9-16-6-4-5-7-17(16)12-15/h8-12,14,23H,3-7,13H2,1-2H3,(H,22,24). The smallest absolute Gasteiger partial charge is 0.232 e. The Balaban J connectivity index is 1.68. The van der Waals surface area contributed by atoms with Crippen molar-refractivity contribution in [3.05, 3.63) is 53.1 Å². The minimum absolute atomic E-state index is 0.0323. The number of hydrogen-bond acceptors (Lipinski definition) is 4. The van der Waals surface area contributed by atoms with Gasteiger partial charge in [-0.3, -0.25) is 9.52 Å². The number of hydrogen-bond donors (Lipinski definition) is 2. The van der Waals surface area contributed by atoms with Crippen LogP contribution in [0.15, 0.2) is 36.4 Å². The zero-order chi connectivity index (χ0) is 20.1. The fourth-order valence-corrected chi connectivity index (χ4v) is 4.03. The van der Waals surface area contributed by atoms with Crippen LogP contribution in [0.5, 0.6) is 5.75 Å². The van der Waals surface area contributed by atoms with Crippen molar-refractivity contribution in [2.75, 3.05) is 22.9 Å². The molecule has 2 aromatic carbocycles. The van der Waals surface area contributed by atoms with E-state index >= 15 is 0 Å². The van der Waals surface area contributed by atoms with E-state index in [1.807, 2.05) is 6.07 Å². The number of nitrogens with one attached hydrogen (secondary N) is 2. The summed E-state index contributed by atoms with van der Waals surface area (Å²) in [5.74, 6) is 0.193. The van der Waals surface area contributed by atoms with E-state index in [0.29, 0.717) is 23.5 Å². The lowest BCUT2D eigenvalue weighted by molar-refractivity contribution is -0.115. The number of ether oxygens (including phenoxy) is 1. The number of carbonyl (C=O) groups is 1. The number of aryl methyl sites for hydroxylation is 2. The zero-order valence-corrected chi connectivity index (χ0v) is 17.1. The average Bonchev–Trinajstić information content (AvgIpc) is 2.68. The molecule has 28 heavy (non-hydrogen) atoms. The Hall–Kier alpha value is -2.54. The van der Waals surface area contributed by atoms with E-state index < -0.39 is 10.0 Å². The van der Waals surface area contributed by atoms with Gasteiger partial charge in [0.2, 0.25) is 15.9 Å². The summed E-state index contributed by atoms with van der Waals surface area (Å²) in [6.07, 6.45) is 4.93. The first-order chi connectivity index (χ1) is 13.4. The molecule has 0 unspecified atom stereocenters. The fourth-order valence-electron chi connectivity index (χ4n) is 3.38. The molecule has 0 radical (unpaired) electrons. The van der Waals surface area contributed by atoms with Crippen LogP contribution in [-0.4, -0.2) is 27.2 Å². The molecule has 0 heterocycles. The average molecular weight is 403 g/mol. The van der Waals surface area contributed by atoms with Gasteiger partial charge in [-0.25, -0.2) is 8.42 Å². The van der Waals surface area contributed by atoms with Crippen LogP contribution >= 0.6 is 0 Å². The first-order valence-electron chi connectivity index (χ1n) is 9.49. The van der Waals surface area contributed by atoms with Crippen molar-refractivity contribution in [3.63, 3.8) is 0 Å². The number of anilines is 2. The van der Waals surface area contributed by atoms with Crippen molar-refractivity contribution in [1.29, 1.82) is 0 Å². The van der Waals surface area contributed by atoms with Crippen molar-refractivity contribution < 1.29 is 17.9 Å². The highest BCUT2D eigenvalue weighted by Crippen LogP contribution is 2.29. The molecule has 0 aromatic heterocycles. The summed E-state index contributed by atoms with van der Waals surface area (Å²) < 4.78 is 31.3. The lowest BCUT2D eigenvalue weighted by Crippen LogP contribution is -2.16. The number of sulfonamides is 1. The molecule has 0 spiro atoms. The third-order valence-corrected chi connectivity index (χ3v) is 6.20. The molecule has 0 saturated carbocycles. The molecular weight excluding hydrogens is 376 g/mol. The molecule has 0 aliphatic heterocycles. The van der Waals surface area contributed by atoms with Gasteiger partial charge < -0.3 is 10.1 Å². The molecule has 150 valence electrons. The molecule has 1 aliphatic carbocycles. The molecule has 1 aliphatic rings. The van der Waals surface area contributed by atoms with Gasteiger partial charge in [-0.15, -0.1) is 0 Å². The minimum atomic E-state index is -3.41. The van der Waals surface area contributed by atoms with Crippen LogP contribution < -0.4 is 14.8 Å². The fraction of sp³-hybridized carbons (Fsp3) is 0.381. The van der Waals surface area contributed by atoms with Crippen molar-refractivity contribution in [3.8, 4) is 5.75 Å².